The number of carbonyl (C=O) groups is 1. The molecule has 1 saturated heterocycles. The predicted octanol–water partition coefficient (Wildman–Crippen LogP) is 5.38. The molecule has 1 aliphatic rings. The third-order valence-corrected chi connectivity index (χ3v) is 6.27. The van der Waals surface area contributed by atoms with Gasteiger partial charge in [0.25, 0.3) is 0 Å². The molecule has 0 N–H and O–H groups in total. The highest BCUT2D eigenvalue weighted by atomic mass is 79.9. The van der Waals surface area contributed by atoms with Gasteiger partial charge in [-0.1, -0.05) is 29.8 Å². The molecule has 2 aromatic rings. The zero-order valence-electron chi connectivity index (χ0n) is 15.9. The summed E-state index contributed by atoms with van der Waals surface area (Å²) in [6, 6.07) is 12.5. The Morgan fingerprint density at radius 1 is 1.18 bits per heavy atom. The first kappa shape index (κ1) is 21.0. The van der Waals surface area contributed by atoms with E-state index in [1.54, 1.807) is 12.1 Å². The molecule has 1 fully saturated rings. The van der Waals surface area contributed by atoms with Gasteiger partial charge in [0.05, 0.1) is 5.02 Å². The van der Waals surface area contributed by atoms with Crippen molar-refractivity contribution < 1.29 is 9.18 Å². The Kier molecular flexibility index (Phi) is 6.91. The van der Waals surface area contributed by atoms with Crippen LogP contribution in [0.2, 0.25) is 5.02 Å². The van der Waals surface area contributed by atoms with Crippen LogP contribution in [0, 0.1) is 5.82 Å². The van der Waals surface area contributed by atoms with Crippen LogP contribution >= 0.6 is 27.5 Å². The summed E-state index contributed by atoms with van der Waals surface area (Å²) < 4.78 is 13.9. The lowest BCUT2D eigenvalue weighted by Crippen LogP contribution is -2.57. The molecule has 148 valence electrons. The van der Waals surface area contributed by atoms with Crippen LogP contribution in [0.5, 0.6) is 0 Å². The van der Waals surface area contributed by atoms with E-state index < -0.39 is 0 Å². The van der Waals surface area contributed by atoms with Gasteiger partial charge in [-0.15, -0.1) is 0 Å². The van der Waals surface area contributed by atoms with Crippen LogP contribution in [-0.2, 0) is 11.3 Å². The van der Waals surface area contributed by atoms with Crippen molar-refractivity contribution in [2.45, 2.75) is 32.5 Å². The van der Waals surface area contributed by atoms with E-state index in [9.17, 15) is 9.18 Å². The van der Waals surface area contributed by atoms with E-state index in [4.69, 9.17) is 11.6 Å². The summed E-state index contributed by atoms with van der Waals surface area (Å²) >= 11 is 9.41. The van der Waals surface area contributed by atoms with Crippen molar-refractivity contribution >= 4 is 39.5 Å². The number of carbonyl (C=O) groups excluding carboxylic acids is 1. The third-order valence-electron chi connectivity index (χ3n) is 5.06. The summed E-state index contributed by atoms with van der Waals surface area (Å²) in [6.45, 7) is 6.38. The SMILES string of the molecule is C[C@@H]1CN(Cc2ccc(F)cc2)[C@@H](C)CN1C(=O)/C=C/c1ccc(Cl)c(Br)c1. The quantitative estimate of drug-likeness (QED) is 0.566. The summed E-state index contributed by atoms with van der Waals surface area (Å²) in [5.41, 5.74) is 1.99. The van der Waals surface area contributed by atoms with Crippen molar-refractivity contribution in [3.05, 3.63) is 75.0 Å². The first-order valence-electron chi connectivity index (χ1n) is 9.25. The van der Waals surface area contributed by atoms with E-state index >= 15 is 0 Å². The fourth-order valence-electron chi connectivity index (χ4n) is 3.43. The molecule has 3 rings (SSSR count). The summed E-state index contributed by atoms with van der Waals surface area (Å²) in [6.07, 6.45) is 3.43. The van der Waals surface area contributed by atoms with Gasteiger partial charge in [0.2, 0.25) is 5.91 Å². The molecule has 3 nitrogen and oxygen atoms in total. The second-order valence-corrected chi connectivity index (χ2v) is 8.51. The van der Waals surface area contributed by atoms with Gasteiger partial charge in [-0.25, -0.2) is 4.39 Å². The first-order chi connectivity index (χ1) is 13.3. The molecule has 0 spiro atoms. The lowest BCUT2D eigenvalue weighted by Gasteiger charge is -2.44. The minimum Gasteiger partial charge on any atom is -0.334 e. The highest BCUT2D eigenvalue weighted by molar-refractivity contribution is 9.10. The van der Waals surface area contributed by atoms with Gasteiger partial charge in [-0.3, -0.25) is 9.69 Å². The molecule has 0 aromatic heterocycles. The summed E-state index contributed by atoms with van der Waals surface area (Å²) in [5, 5.41) is 0.642. The Morgan fingerprint density at radius 2 is 1.89 bits per heavy atom. The number of nitrogens with zero attached hydrogens (tertiary/aromatic N) is 2. The normalized spacial score (nSPS) is 20.7. The van der Waals surface area contributed by atoms with Crippen LogP contribution < -0.4 is 0 Å². The zero-order valence-corrected chi connectivity index (χ0v) is 18.3. The minimum atomic E-state index is -0.222. The molecule has 28 heavy (non-hydrogen) atoms. The Balaban J connectivity index is 1.62. The van der Waals surface area contributed by atoms with Gasteiger partial charge in [-0.2, -0.15) is 0 Å². The first-order valence-corrected chi connectivity index (χ1v) is 10.4. The zero-order chi connectivity index (χ0) is 20.3. The van der Waals surface area contributed by atoms with Crippen LogP contribution in [0.4, 0.5) is 4.39 Å². The van der Waals surface area contributed by atoms with Crippen LogP contribution in [0.15, 0.2) is 53.0 Å². The second kappa shape index (κ2) is 9.21. The fraction of sp³-hybridized carbons (Fsp3) is 0.318. The standard InChI is InChI=1S/C22H23BrClFN2O/c1-15-13-27(22(28)10-6-17-5-9-21(24)20(23)11-17)16(2)12-26(15)14-18-3-7-19(25)8-4-18/h3-11,15-16H,12-14H2,1-2H3/b10-6+/t15-,16+/m0/s1. The lowest BCUT2D eigenvalue weighted by molar-refractivity contribution is -0.131. The molecule has 1 aliphatic heterocycles. The fourth-order valence-corrected chi connectivity index (χ4v) is 3.94. The van der Waals surface area contributed by atoms with E-state index in [1.165, 1.54) is 12.1 Å². The second-order valence-electron chi connectivity index (χ2n) is 7.25. The molecule has 0 saturated carbocycles. The molecular weight excluding hydrogens is 443 g/mol. The molecule has 2 aromatic carbocycles. The number of hydrogen-bond donors (Lipinski definition) is 0. The Morgan fingerprint density at radius 3 is 2.57 bits per heavy atom. The van der Waals surface area contributed by atoms with Gasteiger partial charge < -0.3 is 4.90 Å². The van der Waals surface area contributed by atoms with E-state index in [-0.39, 0.29) is 23.8 Å². The number of halogens is 3. The summed E-state index contributed by atoms with van der Waals surface area (Å²) in [4.78, 5) is 17.0. The molecule has 0 aliphatic carbocycles. The van der Waals surface area contributed by atoms with Crippen molar-refractivity contribution in [2.24, 2.45) is 0 Å². The van der Waals surface area contributed by atoms with E-state index in [1.807, 2.05) is 35.2 Å². The number of benzene rings is 2. The molecule has 1 heterocycles. The van der Waals surface area contributed by atoms with Crippen molar-refractivity contribution in [3.8, 4) is 0 Å². The van der Waals surface area contributed by atoms with Crippen LogP contribution in [-0.4, -0.2) is 40.9 Å². The molecule has 6 heteroatoms. The smallest absolute Gasteiger partial charge is 0.246 e. The Hall–Kier alpha value is -1.69. The highest BCUT2D eigenvalue weighted by Gasteiger charge is 2.30. The van der Waals surface area contributed by atoms with Crippen LogP contribution in [0.1, 0.15) is 25.0 Å². The average Bonchev–Trinajstić information content (AvgIpc) is 2.67. The minimum absolute atomic E-state index is 0.00635. The number of piperazine rings is 1. The van der Waals surface area contributed by atoms with Gasteiger partial charge in [0.15, 0.2) is 0 Å². The summed E-state index contributed by atoms with van der Waals surface area (Å²) in [7, 11) is 0. The highest BCUT2D eigenvalue weighted by Crippen LogP contribution is 2.24. The van der Waals surface area contributed by atoms with Crippen molar-refractivity contribution in [2.75, 3.05) is 13.1 Å². The topological polar surface area (TPSA) is 23.6 Å². The van der Waals surface area contributed by atoms with Crippen LogP contribution in [0.3, 0.4) is 0 Å². The monoisotopic (exact) mass is 464 g/mol. The van der Waals surface area contributed by atoms with Crippen molar-refractivity contribution in [1.82, 2.24) is 9.80 Å². The Bertz CT molecular complexity index is 871. The van der Waals surface area contributed by atoms with E-state index in [2.05, 4.69) is 34.7 Å². The van der Waals surface area contributed by atoms with E-state index in [0.29, 0.717) is 11.6 Å². The molecular formula is C22H23BrClFN2O. The van der Waals surface area contributed by atoms with E-state index in [0.717, 1.165) is 28.7 Å². The average molecular weight is 466 g/mol. The molecule has 0 radical (unpaired) electrons. The Labute approximate surface area is 178 Å². The maximum atomic E-state index is 13.1. The number of hydrogen-bond acceptors (Lipinski definition) is 2. The van der Waals surface area contributed by atoms with Gasteiger partial charge >= 0.3 is 0 Å². The number of amides is 1. The van der Waals surface area contributed by atoms with Gasteiger partial charge in [-0.05, 0) is 71.2 Å². The molecule has 0 unspecified atom stereocenters. The maximum absolute atomic E-state index is 13.1. The lowest BCUT2D eigenvalue weighted by atomic mass is 10.1. The van der Waals surface area contributed by atoms with Crippen molar-refractivity contribution in [3.63, 3.8) is 0 Å². The number of rotatable bonds is 4. The maximum Gasteiger partial charge on any atom is 0.246 e. The van der Waals surface area contributed by atoms with Crippen molar-refractivity contribution in [1.29, 1.82) is 0 Å². The molecule has 2 atom stereocenters. The molecule has 0 bridgehead atoms. The van der Waals surface area contributed by atoms with Gasteiger partial charge in [0.1, 0.15) is 5.82 Å². The summed E-state index contributed by atoms with van der Waals surface area (Å²) in [5.74, 6) is -0.216. The largest absolute Gasteiger partial charge is 0.334 e. The van der Waals surface area contributed by atoms with Gasteiger partial charge in [0, 0.05) is 42.3 Å². The third kappa shape index (κ3) is 5.22. The predicted molar refractivity (Wildman–Crippen MR) is 116 cm³/mol. The van der Waals surface area contributed by atoms with Crippen LogP contribution in [0.25, 0.3) is 6.08 Å². The molecule has 1 amide bonds.